The highest BCUT2D eigenvalue weighted by molar-refractivity contribution is 5.68. The molecular formula is C19H25N. The standard InChI is InChI=1S/C19H25N/c1-12-8-16(5)19(11-13(12)2)20(7)18-9-14(3)17(6)15(4)10-18/h8-11H,1-7H3. The summed E-state index contributed by atoms with van der Waals surface area (Å²) in [5.74, 6) is 0. The molecule has 1 heteroatoms. The van der Waals surface area contributed by atoms with Crippen LogP contribution in [-0.2, 0) is 0 Å². The van der Waals surface area contributed by atoms with Gasteiger partial charge in [0.1, 0.15) is 0 Å². The van der Waals surface area contributed by atoms with Crippen molar-refractivity contribution in [2.45, 2.75) is 41.5 Å². The largest absolute Gasteiger partial charge is 0.344 e. The summed E-state index contributed by atoms with van der Waals surface area (Å²) in [5, 5.41) is 0. The molecule has 0 bridgehead atoms. The van der Waals surface area contributed by atoms with Crippen molar-refractivity contribution in [2.75, 3.05) is 11.9 Å². The predicted octanol–water partition coefficient (Wildman–Crippen LogP) is 5.31. The molecule has 0 aliphatic heterocycles. The maximum atomic E-state index is 2.29. The van der Waals surface area contributed by atoms with Gasteiger partial charge in [0.15, 0.2) is 0 Å². The summed E-state index contributed by atoms with van der Waals surface area (Å²) in [6.45, 7) is 13.1. The van der Waals surface area contributed by atoms with Gasteiger partial charge in [-0.25, -0.2) is 0 Å². The summed E-state index contributed by atoms with van der Waals surface area (Å²) in [6.07, 6.45) is 0. The molecule has 0 N–H and O–H groups in total. The predicted molar refractivity (Wildman–Crippen MR) is 89.4 cm³/mol. The summed E-state index contributed by atoms with van der Waals surface area (Å²) in [4.78, 5) is 2.29. The van der Waals surface area contributed by atoms with Gasteiger partial charge < -0.3 is 4.90 Å². The van der Waals surface area contributed by atoms with Crippen molar-refractivity contribution in [2.24, 2.45) is 0 Å². The Bertz CT molecular complexity index is 630. The Balaban J connectivity index is 2.51. The highest BCUT2D eigenvalue weighted by atomic mass is 15.1. The Hall–Kier alpha value is -1.76. The molecule has 0 saturated heterocycles. The molecule has 0 unspecified atom stereocenters. The van der Waals surface area contributed by atoms with E-state index < -0.39 is 0 Å². The van der Waals surface area contributed by atoms with E-state index in [1.165, 1.54) is 44.8 Å². The molecule has 0 radical (unpaired) electrons. The lowest BCUT2D eigenvalue weighted by atomic mass is 10.0. The monoisotopic (exact) mass is 267 g/mol. The number of anilines is 2. The van der Waals surface area contributed by atoms with Gasteiger partial charge in [0, 0.05) is 18.4 Å². The van der Waals surface area contributed by atoms with Gasteiger partial charge in [-0.3, -0.25) is 0 Å². The lowest BCUT2D eigenvalue weighted by Gasteiger charge is -2.24. The third kappa shape index (κ3) is 2.58. The first-order valence-corrected chi connectivity index (χ1v) is 7.20. The van der Waals surface area contributed by atoms with Crippen molar-refractivity contribution in [3.8, 4) is 0 Å². The van der Waals surface area contributed by atoms with Crippen molar-refractivity contribution in [3.05, 3.63) is 57.6 Å². The first-order valence-electron chi connectivity index (χ1n) is 7.20. The molecule has 106 valence electrons. The quantitative estimate of drug-likeness (QED) is 0.713. The normalized spacial score (nSPS) is 10.8. The molecule has 2 aromatic rings. The van der Waals surface area contributed by atoms with E-state index in [0.717, 1.165) is 0 Å². The smallest absolute Gasteiger partial charge is 0.0440 e. The fourth-order valence-electron chi connectivity index (χ4n) is 2.65. The van der Waals surface area contributed by atoms with E-state index in [4.69, 9.17) is 0 Å². The average Bonchev–Trinajstić information content (AvgIpc) is 2.38. The van der Waals surface area contributed by atoms with E-state index in [0.29, 0.717) is 0 Å². The van der Waals surface area contributed by atoms with Crippen LogP contribution in [0.1, 0.15) is 33.4 Å². The lowest BCUT2D eigenvalue weighted by Crippen LogP contribution is -2.12. The molecule has 20 heavy (non-hydrogen) atoms. The van der Waals surface area contributed by atoms with Gasteiger partial charge in [0.25, 0.3) is 0 Å². The van der Waals surface area contributed by atoms with Crippen molar-refractivity contribution in [1.29, 1.82) is 0 Å². The Morgan fingerprint density at radius 2 is 1.10 bits per heavy atom. The second-order valence-electron chi connectivity index (χ2n) is 5.99. The average molecular weight is 267 g/mol. The molecule has 0 saturated carbocycles. The minimum atomic E-state index is 1.26. The van der Waals surface area contributed by atoms with E-state index >= 15 is 0 Å². The highest BCUT2D eigenvalue weighted by Gasteiger charge is 2.10. The third-order valence-corrected chi connectivity index (χ3v) is 4.47. The van der Waals surface area contributed by atoms with Crippen LogP contribution in [0, 0.1) is 41.5 Å². The number of nitrogens with zero attached hydrogens (tertiary/aromatic N) is 1. The SMILES string of the molecule is Cc1cc(C)c(N(C)c2cc(C)c(C)c(C)c2)cc1C. The number of hydrogen-bond acceptors (Lipinski definition) is 1. The first kappa shape index (κ1) is 14.6. The zero-order valence-corrected chi connectivity index (χ0v) is 13.8. The van der Waals surface area contributed by atoms with Gasteiger partial charge >= 0.3 is 0 Å². The van der Waals surface area contributed by atoms with Gasteiger partial charge in [-0.1, -0.05) is 6.07 Å². The number of aryl methyl sites for hydroxylation is 5. The maximum Gasteiger partial charge on any atom is 0.0440 e. The maximum absolute atomic E-state index is 2.29. The Morgan fingerprint density at radius 3 is 1.65 bits per heavy atom. The van der Waals surface area contributed by atoms with Crippen LogP contribution in [0.15, 0.2) is 24.3 Å². The molecule has 0 spiro atoms. The van der Waals surface area contributed by atoms with Crippen LogP contribution >= 0.6 is 0 Å². The van der Waals surface area contributed by atoms with Crippen LogP contribution in [0.5, 0.6) is 0 Å². The molecule has 0 heterocycles. The molecule has 0 aliphatic carbocycles. The first-order chi connectivity index (χ1) is 9.31. The Labute approximate surface area is 123 Å². The van der Waals surface area contributed by atoms with Crippen LogP contribution < -0.4 is 4.90 Å². The van der Waals surface area contributed by atoms with Crippen LogP contribution in [0.3, 0.4) is 0 Å². The molecule has 0 aliphatic rings. The van der Waals surface area contributed by atoms with Crippen molar-refractivity contribution < 1.29 is 0 Å². The summed E-state index contributed by atoms with van der Waals surface area (Å²) in [5.41, 5.74) is 10.7. The molecule has 0 amide bonds. The summed E-state index contributed by atoms with van der Waals surface area (Å²) < 4.78 is 0. The van der Waals surface area contributed by atoms with Gasteiger partial charge in [0.05, 0.1) is 0 Å². The van der Waals surface area contributed by atoms with Crippen LogP contribution in [0.4, 0.5) is 11.4 Å². The number of rotatable bonds is 2. The second kappa shape index (κ2) is 5.32. The van der Waals surface area contributed by atoms with Gasteiger partial charge in [-0.05, 0) is 93.1 Å². The number of benzene rings is 2. The topological polar surface area (TPSA) is 3.24 Å². The van der Waals surface area contributed by atoms with E-state index in [-0.39, 0.29) is 0 Å². The van der Waals surface area contributed by atoms with Crippen LogP contribution in [0.2, 0.25) is 0 Å². The van der Waals surface area contributed by atoms with Crippen molar-refractivity contribution in [1.82, 2.24) is 0 Å². The number of hydrogen-bond donors (Lipinski definition) is 0. The van der Waals surface area contributed by atoms with E-state index in [1.807, 2.05) is 0 Å². The third-order valence-electron chi connectivity index (χ3n) is 4.47. The zero-order valence-electron chi connectivity index (χ0n) is 13.8. The fourth-order valence-corrected chi connectivity index (χ4v) is 2.65. The van der Waals surface area contributed by atoms with E-state index in [2.05, 4.69) is 77.8 Å². The minimum Gasteiger partial charge on any atom is -0.344 e. The van der Waals surface area contributed by atoms with E-state index in [9.17, 15) is 0 Å². The molecule has 0 fully saturated rings. The molecule has 0 aromatic heterocycles. The molecule has 2 rings (SSSR count). The van der Waals surface area contributed by atoms with Crippen LogP contribution in [-0.4, -0.2) is 7.05 Å². The van der Waals surface area contributed by atoms with Crippen molar-refractivity contribution >= 4 is 11.4 Å². The molecule has 2 aromatic carbocycles. The molecule has 0 atom stereocenters. The fraction of sp³-hybridized carbons (Fsp3) is 0.368. The summed E-state index contributed by atoms with van der Waals surface area (Å²) >= 11 is 0. The second-order valence-corrected chi connectivity index (χ2v) is 5.99. The van der Waals surface area contributed by atoms with E-state index in [1.54, 1.807) is 0 Å². The summed E-state index contributed by atoms with van der Waals surface area (Å²) in [6, 6.07) is 9.11. The Kier molecular flexibility index (Phi) is 3.89. The van der Waals surface area contributed by atoms with Crippen LogP contribution in [0.25, 0.3) is 0 Å². The zero-order chi connectivity index (χ0) is 15.0. The van der Waals surface area contributed by atoms with Gasteiger partial charge in [0.2, 0.25) is 0 Å². The molecular weight excluding hydrogens is 242 g/mol. The van der Waals surface area contributed by atoms with Gasteiger partial charge in [-0.2, -0.15) is 0 Å². The lowest BCUT2D eigenvalue weighted by molar-refractivity contribution is 1.14. The van der Waals surface area contributed by atoms with Gasteiger partial charge in [-0.15, -0.1) is 0 Å². The Morgan fingerprint density at radius 1 is 0.600 bits per heavy atom. The highest BCUT2D eigenvalue weighted by Crippen LogP contribution is 2.31. The summed E-state index contributed by atoms with van der Waals surface area (Å²) in [7, 11) is 2.15. The molecule has 1 nitrogen and oxygen atoms in total. The van der Waals surface area contributed by atoms with Crippen molar-refractivity contribution in [3.63, 3.8) is 0 Å². The minimum absolute atomic E-state index is 1.26.